The Labute approximate surface area is 107 Å². The van der Waals surface area contributed by atoms with Gasteiger partial charge in [0.2, 0.25) is 5.91 Å². The van der Waals surface area contributed by atoms with E-state index in [0.29, 0.717) is 29.7 Å². The number of aromatic amines is 1. The molecule has 0 bridgehead atoms. The molecule has 0 saturated heterocycles. The molecule has 0 aliphatic rings. The molecule has 1 aromatic heterocycles. The van der Waals surface area contributed by atoms with Crippen molar-refractivity contribution in [2.75, 3.05) is 6.54 Å². The van der Waals surface area contributed by atoms with Gasteiger partial charge in [0.15, 0.2) is 4.77 Å². The van der Waals surface area contributed by atoms with Crippen molar-refractivity contribution in [1.29, 1.82) is 0 Å². The highest BCUT2D eigenvalue weighted by Gasteiger charge is 2.11. The Bertz CT molecular complexity index is 431. The number of imidazole rings is 1. The maximum Gasteiger partial charge on any atom is 0.240 e. The molecule has 0 radical (unpaired) electrons. The average Bonchev–Trinajstić information content (AvgIpc) is 2.58. The van der Waals surface area contributed by atoms with Gasteiger partial charge in [-0.1, -0.05) is 27.7 Å². The molecule has 0 atom stereocenters. The van der Waals surface area contributed by atoms with Crippen LogP contribution in [-0.4, -0.2) is 22.0 Å². The molecule has 0 aliphatic heterocycles. The third-order valence-electron chi connectivity index (χ3n) is 2.50. The molecule has 0 aromatic carbocycles. The van der Waals surface area contributed by atoms with Crippen LogP contribution in [0.2, 0.25) is 0 Å². The lowest BCUT2D eigenvalue weighted by Gasteiger charge is -2.12. The van der Waals surface area contributed by atoms with E-state index < -0.39 is 0 Å². The molecule has 96 valence electrons. The number of rotatable bonds is 5. The highest BCUT2D eigenvalue weighted by molar-refractivity contribution is 7.71. The van der Waals surface area contributed by atoms with Gasteiger partial charge >= 0.3 is 0 Å². The summed E-state index contributed by atoms with van der Waals surface area (Å²) in [6, 6.07) is 0. The minimum absolute atomic E-state index is 0.0105. The normalized spacial score (nSPS) is 11.2. The van der Waals surface area contributed by atoms with E-state index in [9.17, 15) is 4.79 Å². The summed E-state index contributed by atoms with van der Waals surface area (Å²) >= 11 is 5.17. The molecule has 4 nitrogen and oxygen atoms in total. The smallest absolute Gasteiger partial charge is 0.240 e. The van der Waals surface area contributed by atoms with Crippen molar-refractivity contribution >= 4 is 18.1 Å². The minimum Gasteiger partial charge on any atom is -0.354 e. The highest BCUT2D eigenvalue weighted by atomic mass is 32.1. The Kier molecular flexibility index (Phi) is 4.93. The van der Waals surface area contributed by atoms with Crippen molar-refractivity contribution < 1.29 is 4.79 Å². The number of nitrogens with one attached hydrogen (secondary N) is 2. The van der Waals surface area contributed by atoms with Gasteiger partial charge in [0.05, 0.1) is 0 Å². The fourth-order valence-electron chi connectivity index (χ4n) is 1.57. The summed E-state index contributed by atoms with van der Waals surface area (Å²) in [4.78, 5) is 14.7. The molecule has 0 spiro atoms. The molecular weight excluding hydrogens is 234 g/mol. The van der Waals surface area contributed by atoms with Crippen LogP contribution in [0, 0.1) is 10.7 Å². The summed E-state index contributed by atoms with van der Waals surface area (Å²) in [6.07, 6.45) is 1.88. The Morgan fingerprint density at radius 3 is 2.65 bits per heavy atom. The largest absolute Gasteiger partial charge is 0.354 e. The summed E-state index contributed by atoms with van der Waals surface area (Å²) in [5, 5.41) is 2.89. The van der Waals surface area contributed by atoms with E-state index in [1.165, 1.54) is 0 Å². The lowest BCUT2D eigenvalue weighted by molar-refractivity contribution is -0.121. The van der Waals surface area contributed by atoms with Gasteiger partial charge in [-0.05, 0) is 24.1 Å². The standard InChI is InChI=1S/C12H21N3OS/c1-8(2)5-13-11(16)7-15-10(9(3)4)6-14-12(15)17/h6,8-9H,5,7H2,1-4H3,(H,13,16)(H,14,17). The number of amides is 1. The van der Waals surface area contributed by atoms with Crippen molar-refractivity contribution in [3.63, 3.8) is 0 Å². The number of hydrogen-bond donors (Lipinski definition) is 2. The van der Waals surface area contributed by atoms with Crippen LogP contribution < -0.4 is 5.32 Å². The Morgan fingerprint density at radius 2 is 2.12 bits per heavy atom. The zero-order valence-corrected chi connectivity index (χ0v) is 11.7. The fraction of sp³-hybridized carbons (Fsp3) is 0.667. The number of carbonyl (C=O) groups excluding carboxylic acids is 1. The SMILES string of the molecule is CC(C)CNC(=O)Cn1c(C(C)C)c[nH]c1=S. The van der Waals surface area contributed by atoms with Crippen LogP contribution in [-0.2, 0) is 11.3 Å². The summed E-state index contributed by atoms with van der Waals surface area (Å²) in [7, 11) is 0. The summed E-state index contributed by atoms with van der Waals surface area (Å²) < 4.78 is 2.46. The predicted octanol–water partition coefficient (Wildman–Crippen LogP) is 2.44. The van der Waals surface area contributed by atoms with Crippen molar-refractivity contribution in [2.24, 2.45) is 5.92 Å². The van der Waals surface area contributed by atoms with Gasteiger partial charge in [-0.2, -0.15) is 0 Å². The topological polar surface area (TPSA) is 49.8 Å². The van der Waals surface area contributed by atoms with E-state index in [0.717, 1.165) is 5.69 Å². The van der Waals surface area contributed by atoms with Gasteiger partial charge in [-0.15, -0.1) is 0 Å². The van der Waals surface area contributed by atoms with E-state index in [-0.39, 0.29) is 5.91 Å². The van der Waals surface area contributed by atoms with E-state index in [1.807, 2.05) is 10.8 Å². The van der Waals surface area contributed by atoms with E-state index >= 15 is 0 Å². The zero-order valence-electron chi connectivity index (χ0n) is 10.9. The lowest BCUT2D eigenvalue weighted by atomic mass is 10.1. The fourth-order valence-corrected chi connectivity index (χ4v) is 1.80. The molecule has 1 amide bonds. The first-order valence-corrected chi connectivity index (χ1v) is 6.37. The number of hydrogen-bond acceptors (Lipinski definition) is 2. The lowest BCUT2D eigenvalue weighted by Crippen LogP contribution is -2.31. The second-order valence-electron chi connectivity index (χ2n) is 4.96. The zero-order chi connectivity index (χ0) is 13.0. The van der Waals surface area contributed by atoms with E-state index in [1.54, 1.807) is 0 Å². The monoisotopic (exact) mass is 255 g/mol. The summed E-state index contributed by atoms with van der Waals surface area (Å²) in [5.41, 5.74) is 1.06. The molecule has 2 N–H and O–H groups in total. The highest BCUT2D eigenvalue weighted by Crippen LogP contribution is 2.14. The quantitative estimate of drug-likeness (QED) is 0.794. The van der Waals surface area contributed by atoms with E-state index in [2.05, 4.69) is 38.0 Å². The summed E-state index contributed by atoms with van der Waals surface area (Å²) in [6.45, 7) is 9.31. The van der Waals surface area contributed by atoms with Crippen molar-refractivity contribution in [3.8, 4) is 0 Å². The van der Waals surface area contributed by atoms with Crippen molar-refractivity contribution in [3.05, 3.63) is 16.7 Å². The van der Waals surface area contributed by atoms with Crippen LogP contribution in [0.25, 0.3) is 0 Å². The van der Waals surface area contributed by atoms with Crippen LogP contribution >= 0.6 is 12.2 Å². The molecular formula is C12H21N3OS. The molecule has 0 unspecified atom stereocenters. The molecule has 0 fully saturated rings. The van der Waals surface area contributed by atoms with Crippen LogP contribution in [0.5, 0.6) is 0 Å². The third kappa shape index (κ3) is 4.00. The third-order valence-corrected chi connectivity index (χ3v) is 2.84. The van der Waals surface area contributed by atoms with Crippen molar-refractivity contribution in [1.82, 2.24) is 14.9 Å². The first-order valence-electron chi connectivity index (χ1n) is 5.96. The molecule has 17 heavy (non-hydrogen) atoms. The maximum atomic E-state index is 11.7. The number of nitrogens with zero attached hydrogens (tertiary/aromatic N) is 1. The minimum atomic E-state index is 0.0105. The Hall–Kier alpha value is -1.10. The molecule has 5 heteroatoms. The molecule has 1 heterocycles. The Balaban J connectivity index is 2.71. The first-order chi connectivity index (χ1) is 7.91. The molecule has 0 aliphatic carbocycles. The molecule has 0 saturated carbocycles. The van der Waals surface area contributed by atoms with E-state index in [4.69, 9.17) is 12.2 Å². The van der Waals surface area contributed by atoms with Gasteiger partial charge in [0.25, 0.3) is 0 Å². The van der Waals surface area contributed by atoms with Gasteiger partial charge in [-0.25, -0.2) is 0 Å². The summed E-state index contributed by atoms with van der Waals surface area (Å²) in [5.74, 6) is 0.819. The predicted molar refractivity (Wildman–Crippen MR) is 71.6 cm³/mol. The second kappa shape index (κ2) is 6.00. The van der Waals surface area contributed by atoms with Gasteiger partial charge in [0, 0.05) is 18.4 Å². The van der Waals surface area contributed by atoms with Crippen LogP contribution in [0.4, 0.5) is 0 Å². The van der Waals surface area contributed by atoms with Crippen LogP contribution in [0.15, 0.2) is 6.20 Å². The number of H-pyrrole nitrogens is 1. The van der Waals surface area contributed by atoms with Crippen LogP contribution in [0.1, 0.15) is 39.3 Å². The molecule has 1 rings (SSSR count). The Morgan fingerprint density at radius 1 is 1.47 bits per heavy atom. The average molecular weight is 255 g/mol. The first kappa shape index (κ1) is 14.0. The van der Waals surface area contributed by atoms with Crippen LogP contribution in [0.3, 0.4) is 0 Å². The second-order valence-corrected chi connectivity index (χ2v) is 5.34. The number of carbonyl (C=O) groups is 1. The van der Waals surface area contributed by atoms with Gasteiger partial charge < -0.3 is 14.9 Å². The van der Waals surface area contributed by atoms with Crippen molar-refractivity contribution in [2.45, 2.75) is 40.2 Å². The molecule has 1 aromatic rings. The number of aromatic nitrogens is 2. The maximum absolute atomic E-state index is 11.7. The van der Waals surface area contributed by atoms with Gasteiger partial charge in [-0.3, -0.25) is 4.79 Å². The van der Waals surface area contributed by atoms with Gasteiger partial charge in [0.1, 0.15) is 6.54 Å².